The minimum Gasteiger partial charge on any atom is -0.348 e. The van der Waals surface area contributed by atoms with Gasteiger partial charge in [0.15, 0.2) is 0 Å². The number of nitrogens with two attached hydrogens (primary N) is 1. The first-order valence-electron chi connectivity index (χ1n) is 8.60. The summed E-state index contributed by atoms with van der Waals surface area (Å²) in [5, 5.41) is 9.61. The van der Waals surface area contributed by atoms with Gasteiger partial charge in [-0.05, 0) is 28.8 Å². The van der Waals surface area contributed by atoms with Crippen molar-refractivity contribution in [3.8, 4) is 0 Å². The number of nitrogens with zero attached hydrogens (tertiary/aromatic N) is 3. The monoisotopic (exact) mass is 335 g/mol. The average Bonchev–Trinajstić information content (AvgIpc) is 3.13. The molecular weight excluding hydrogens is 314 g/mol. The standard InChI is InChI=1S/C19H21N5O/c20-11-17(15-6-5-13-3-1-2-4-14(13)9-15)23-19(25)16-7-8-24-18(10-16)21-12-22-24/h1-6,9,12,16-17H,7-8,10-11,20H2,(H,23,25). The van der Waals surface area contributed by atoms with E-state index < -0.39 is 0 Å². The fourth-order valence-electron chi connectivity index (χ4n) is 3.45. The largest absolute Gasteiger partial charge is 0.348 e. The van der Waals surface area contributed by atoms with E-state index in [1.54, 1.807) is 6.33 Å². The lowest BCUT2D eigenvalue weighted by atomic mass is 9.95. The highest BCUT2D eigenvalue weighted by Gasteiger charge is 2.27. The highest BCUT2D eigenvalue weighted by atomic mass is 16.2. The lowest BCUT2D eigenvalue weighted by Gasteiger charge is -2.25. The molecule has 3 aromatic rings. The molecule has 4 rings (SSSR count). The average molecular weight is 335 g/mol. The Labute approximate surface area is 146 Å². The van der Waals surface area contributed by atoms with Crippen molar-refractivity contribution in [1.29, 1.82) is 0 Å². The van der Waals surface area contributed by atoms with Crippen LogP contribution in [-0.4, -0.2) is 27.2 Å². The first kappa shape index (κ1) is 15.8. The van der Waals surface area contributed by atoms with Crippen molar-refractivity contribution in [2.24, 2.45) is 11.7 Å². The molecule has 1 aliphatic rings. The summed E-state index contributed by atoms with van der Waals surface area (Å²) in [6.07, 6.45) is 2.95. The van der Waals surface area contributed by atoms with E-state index in [0.29, 0.717) is 13.0 Å². The number of carbonyl (C=O) groups excluding carboxylic acids is 1. The summed E-state index contributed by atoms with van der Waals surface area (Å²) in [6.45, 7) is 1.10. The van der Waals surface area contributed by atoms with Crippen LogP contribution in [0.1, 0.15) is 23.9 Å². The van der Waals surface area contributed by atoms with E-state index in [0.717, 1.165) is 29.7 Å². The molecule has 2 atom stereocenters. The van der Waals surface area contributed by atoms with Crippen LogP contribution in [0.5, 0.6) is 0 Å². The highest BCUT2D eigenvalue weighted by Crippen LogP contribution is 2.22. The molecule has 0 saturated carbocycles. The second kappa shape index (κ2) is 6.64. The van der Waals surface area contributed by atoms with E-state index in [1.807, 2.05) is 22.9 Å². The Morgan fingerprint density at radius 3 is 2.96 bits per heavy atom. The van der Waals surface area contributed by atoms with Crippen LogP contribution < -0.4 is 11.1 Å². The topological polar surface area (TPSA) is 85.8 Å². The fraction of sp³-hybridized carbons (Fsp3) is 0.316. The van der Waals surface area contributed by atoms with Crippen LogP contribution in [-0.2, 0) is 17.8 Å². The SMILES string of the molecule is NCC(NC(=O)C1CCn2ncnc2C1)c1ccc2ccccc2c1. The zero-order valence-corrected chi connectivity index (χ0v) is 13.9. The molecule has 0 aliphatic carbocycles. The number of benzene rings is 2. The van der Waals surface area contributed by atoms with Gasteiger partial charge in [-0.1, -0.05) is 36.4 Å². The Kier molecular flexibility index (Phi) is 4.19. The van der Waals surface area contributed by atoms with E-state index in [4.69, 9.17) is 5.73 Å². The molecule has 25 heavy (non-hydrogen) atoms. The number of nitrogens with one attached hydrogen (secondary N) is 1. The van der Waals surface area contributed by atoms with Gasteiger partial charge in [0.05, 0.1) is 6.04 Å². The number of aromatic nitrogens is 3. The number of rotatable bonds is 4. The molecule has 6 heteroatoms. The summed E-state index contributed by atoms with van der Waals surface area (Å²) in [5.74, 6) is 0.838. The summed E-state index contributed by atoms with van der Waals surface area (Å²) >= 11 is 0. The Morgan fingerprint density at radius 1 is 1.28 bits per heavy atom. The summed E-state index contributed by atoms with van der Waals surface area (Å²) < 4.78 is 1.87. The van der Waals surface area contributed by atoms with Gasteiger partial charge in [0.25, 0.3) is 0 Å². The summed E-state index contributed by atoms with van der Waals surface area (Å²) in [6, 6.07) is 14.2. The minimum atomic E-state index is -0.183. The molecule has 0 radical (unpaired) electrons. The van der Waals surface area contributed by atoms with E-state index >= 15 is 0 Å². The van der Waals surface area contributed by atoms with Crippen molar-refractivity contribution < 1.29 is 4.79 Å². The smallest absolute Gasteiger partial charge is 0.224 e. The van der Waals surface area contributed by atoms with Crippen molar-refractivity contribution in [1.82, 2.24) is 20.1 Å². The molecule has 1 aliphatic heterocycles. The van der Waals surface area contributed by atoms with Gasteiger partial charge >= 0.3 is 0 Å². The molecule has 2 heterocycles. The summed E-state index contributed by atoms with van der Waals surface area (Å²) in [5.41, 5.74) is 6.98. The molecule has 128 valence electrons. The molecule has 0 bridgehead atoms. The Balaban J connectivity index is 1.50. The van der Waals surface area contributed by atoms with Crippen molar-refractivity contribution in [2.45, 2.75) is 25.4 Å². The molecule has 2 aromatic carbocycles. The number of hydrogen-bond donors (Lipinski definition) is 2. The van der Waals surface area contributed by atoms with Crippen molar-refractivity contribution in [2.75, 3.05) is 6.54 Å². The molecule has 2 unspecified atom stereocenters. The van der Waals surface area contributed by atoms with Crippen LogP contribution in [0.2, 0.25) is 0 Å². The third-order valence-electron chi connectivity index (χ3n) is 4.91. The quantitative estimate of drug-likeness (QED) is 0.761. The van der Waals surface area contributed by atoms with Crippen LogP contribution in [0.15, 0.2) is 48.8 Å². The van der Waals surface area contributed by atoms with Crippen LogP contribution in [0, 0.1) is 5.92 Å². The first-order valence-corrected chi connectivity index (χ1v) is 8.60. The van der Waals surface area contributed by atoms with E-state index in [-0.39, 0.29) is 17.9 Å². The van der Waals surface area contributed by atoms with Gasteiger partial charge in [-0.25, -0.2) is 4.98 Å². The third kappa shape index (κ3) is 3.13. The molecule has 0 saturated heterocycles. The van der Waals surface area contributed by atoms with Crippen LogP contribution in [0.25, 0.3) is 10.8 Å². The predicted molar refractivity (Wildman–Crippen MR) is 95.7 cm³/mol. The Hall–Kier alpha value is -2.73. The maximum atomic E-state index is 12.7. The van der Waals surface area contributed by atoms with Gasteiger partial charge in [-0.2, -0.15) is 5.10 Å². The van der Waals surface area contributed by atoms with Crippen LogP contribution in [0.4, 0.5) is 0 Å². The highest BCUT2D eigenvalue weighted by molar-refractivity contribution is 5.84. The lowest BCUT2D eigenvalue weighted by Crippen LogP contribution is -2.40. The molecular formula is C19H21N5O. The second-order valence-electron chi connectivity index (χ2n) is 6.49. The number of hydrogen-bond acceptors (Lipinski definition) is 4. The summed E-state index contributed by atoms with van der Waals surface area (Å²) in [7, 11) is 0. The zero-order valence-electron chi connectivity index (χ0n) is 13.9. The summed E-state index contributed by atoms with van der Waals surface area (Å²) in [4.78, 5) is 16.9. The Morgan fingerprint density at radius 2 is 2.12 bits per heavy atom. The molecule has 0 spiro atoms. The van der Waals surface area contributed by atoms with Gasteiger partial charge in [0, 0.05) is 25.4 Å². The third-order valence-corrected chi connectivity index (χ3v) is 4.91. The number of amides is 1. The van der Waals surface area contributed by atoms with Gasteiger partial charge < -0.3 is 11.1 Å². The van der Waals surface area contributed by atoms with Crippen LogP contribution in [0.3, 0.4) is 0 Å². The van der Waals surface area contributed by atoms with Crippen LogP contribution >= 0.6 is 0 Å². The fourth-order valence-corrected chi connectivity index (χ4v) is 3.45. The maximum Gasteiger partial charge on any atom is 0.224 e. The maximum absolute atomic E-state index is 12.7. The predicted octanol–water partition coefficient (Wildman–Crippen LogP) is 1.81. The lowest BCUT2D eigenvalue weighted by molar-refractivity contribution is -0.126. The zero-order chi connectivity index (χ0) is 17.2. The van der Waals surface area contributed by atoms with Gasteiger partial charge in [-0.15, -0.1) is 0 Å². The second-order valence-corrected chi connectivity index (χ2v) is 6.49. The van der Waals surface area contributed by atoms with Gasteiger partial charge in [0.2, 0.25) is 5.91 Å². The minimum absolute atomic E-state index is 0.0397. The van der Waals surface area contributed by atoms with Crippen molar-refractivity contribution in [3.63, 3.8) is 0 Å². The number of carbonyl (C=O) groups is 1. The molecule has 0 fully saturated rings. The Bertz CT molecular complexity index is 903. The van der Waals surface area contributed by atoms with E-state index in [2.05, 4.69) is 39.7 Å². The van der Waals surface area contributed by atoms with Crippen molar-refractivity contribution >= 4 is 16.7 Å². The molecule has 1 aromatic heterocycles. The first-order chi connectivity index (χ1) is 12.2. The van der Waals surface area contributed by atoms with E-state index in [1.165, 1.54) is 5.39 Å². The number of aryl methyl sites for hydroxylation is 1. The number of fused-ring (bicyclic) bond motifs is 2. The van der Waals surface area contributed by atoms with Gasteiger partial charge in [0.1, 0.15) is 12.2 Å². The van der Waals surface area contributed by atoms with Crippen molar-refractivity contribution in [3.05, 3.63) is 60.2 Å². The molecule has 6 nitrogen and oxygen atoms in total. The van der Waals surface area contributed by atoms with Gasteiger partial charge in [-0.3, -0.25) is 9.48 Å². The molecule has 3 N–H and O–H groups in total. The van der Waals surface area contributed by atoms with E-state index in [9.17, 15) is 4.79 Å². The molecule has 1 amide bonds. The normalized spacial score (nSPS) is 17.9.